The van der Waals surface area contributed by atoms with Crippen LogP contribution >= 0.6 is 0 Å². The maximum atomic E-state index is 13.3. The van der Waals surface area contributed by atoms with Crippen molar-refractivity contribution in [1.29, 1.82) is 0 Å². The second kappa shape index (κ2) is 6.99. The minimum atomic E-state index is -1.18. The number of methoxy groups -OCH3 is 2. The molecule has 7 nitrogen and oxygen atoms in total. The normalized spacial score (nSPS) is 20.8. The Bertz CT molecular complexity index is 951. The Morgan fingerprint density at radius 3 is 2.21 bits per heavy atom. The highest BCUT2D eigenvalue weighted by Gasteiger charge is 2.57. The van der Waals surface area contributed by atoms with Crippen molar-refractivity contribution in [3.63, 3.8) is 0 Å². The van der Waals surface area contributed by atoms with Crippen molar-refractivity contribution in [1.82, 2.24) is 0 Å². The van der Waals surface area contributed by atoms with Gasteiger partial charge < -0.3 is 14.3 Å². The van der Waals surface area contributed by atoms with E-state index in [4.69, 9.17) is 14.3 Å². The third-order valence-corrected chi connectivity index (χ3v) is 5.03. The number of carbonyl (C=O) groups excluding carboxylic acids is 1. The lowest BCUT2D eigenvalue weighted by molar-refractivity contribution is -0.132. The van der Waals surface area contributed by atoms with Crippen molar-refractivity contribution < 1.29 is 19.1 Å². The van der Waals surface area contributed by atoms with Gasteiger partial charge in [0.2, 0.25) is 0 Å². The first-order valence-corrected chi connectivity index (χ1v) is 9.07. The fourth-order valence-electron chi connectivity index (χ4n) is 3.44. The van der Waals surface area contributed by atoms with Gasteiger partial charge in [-0.1, -0.05) is 12.1 Å². The third kappa shape index (κ3) is 2.79. The second-order valence-corrected chi connectivity index (χ2v) is 6.58. The molecule has 0 radical (unpaired) electrons. The summed E-state index contributed by atoms with van der Waals surface area (Å²) in [5.74, 6) is 1.24. The number of hydrazone groups is 1. The Balaban J connectivity index is 1.60. The van der Waals surface area contributed by atoms with Crippen molar-refractivity contribution in [3.8, 4) is 11.5 Å². The van der Waals surface area contributed by atoms with E-state index in [9.17, 15) is 4.79 Å². The second-order valence-electron chi connectivity index (χ2n) is 6.58. The van der Waals surface area contributed by atoms with E-state index in [1.807, 2.05) is 31.2 Å². The Morgan fingerprint density at radius 2 is 1.64 bits per heavy atom. The molecule has 0 fully saturated rings. The molecular weight excluding hydrogens is 358 g/mol. The number of hydrogen-bond acceptors (Lipinski definition) is 6. The highest BCUT2D eigenvalue weighted by atomic mass is 16.7. The average Bonchev–Trinajstić information content (AvgIpc) is 3.31. The van der Waals surface area contributed by atoms with Crippen molar-refractivity contribution in [2.45, 2.75) is 25.4 Å². The fourth-order valence-corrected chi connectivity index (χ4v) is 3.44. The molecule has 1 amide bonds. The summed E-state index contributed by atoms with van der Waals surface area (Å²) in [6, 6.07) is 14.7. The number of oxime groups is 1. The highest BCUT2D eigenvalue weighted by Crippen LogP contribution is 2.38. The standard InChI is InChI=1S/C21H21N3O4/c1-4-19-21(13-18(23-28-21)14-5-9-16(26-2)10-6-14)20(25)24(22-19)15-7-11-17(27-3)12-8-15/h5-12H,4,13H2,1-3H3. The van der Waals surface area contributed by atoms with Gasteiger partial charge in [-0.2, -0.15) is 10.1 Å². The van der Waals surface area contributed by atoms with Crippen LogP contribution in [0.5, 0.6) is 11.5 Å². The topological polar surface area (TPSA) is 72.7 Å². The van der Waals surface area contributed by atoms with E-state index in [0.717, 1.165) is 11.3 Å². The Hall–Kier alpha value is -3.35. The molecular formula is C21H21N3O4. The van der Waals surface area contributed by atoms with Crippen LogP contribution in [0.1, 0.15) is 25.3 Å². The maximum Gasteiger partial charge on any atom is 0.300 e. The molecule has 1 unspecified atom stereocenters. The minimum absolute atomic E-state index is 0.234. The van der Waals surface area contributed by atoms with Crippen LogP contribution in [0.25, 0.3) is 0 Å². The molecule has 0 saturated carbocycles. The van der Waals surface area contributed by atoms with Crippen molar-refractivity contribution in [3.05, 3.63) is 54.1 Å². The Kier molecular flexibility index (Phi) is 4.50. The minimum Gasteiger partial charge on any atom is -0.497 e. The maximum absolute atomic E-state index is 13.3. The van der Waals surface area contributed by atoms with Gasteiger partial charge in [-0.25, -0.2) is 0 Å². The predicted molar refractivity (Wildman–Crippen MR) is 106 cm³/mol. The molecule has 144 valence electrons. The number of rotatable bonds is 5. The first kappa shape index (κ1) is 18.0. The van der Waals surface area contributed by atoms with Gasteiger partial charge in [0, 0.05) is 0 Å². The van der Waals surface area contributed by atoms with Crippen LogP contribution in [-0.2, 0) is 9.63 Å². The van der Waals surface area contributed by atoms with Crippen LogP contribution in [0, 0.1) is 0 Å². The van der Waals surface area contributed by atoms with Crippen LogP contribution in [0.2, 0.25) is 0 Å². The van der Waals surface area contributed by atoms with Crippen LogP contribution < -0.4 is 14.5 Å². The lowest BCUT2D eigenvalue weighted by atomic mass is 9.88. The molecule has 0 aromatic heterocycles. The molecule has 2 heterocycles. The van der Waals surface area contributed by atoms with Gasteiger partial charge >= 0.3 is 5.91 Å². The van der Waals surface area contributed by atoms with Gasteiger partial charge in [0.15, 0.2) is 0 Å². The summed E-state index contributed by atoms with van der Waals surface area (Å²) in [6.45, 7) is 1.96. The summed E-state index contributed by atoms with van der Waals surface area (Å²) in [5.41, 5.74) is 1.76. The lowest BCUT2D eigenvalue weighted by Gasteiger charge is -2.21. The monoisotopic (exact) mass is 379 g/mol. The smallest absolute Gasteiger partial charge is 0.300 e. The highest BCUT2D eigenvalue weighted by molar-refractivity contribution is 6.25. The Labute approximate surface area is 163 Å². The lowest BCUT2D eigenvalue weighted by Crippen LogP contribution is -2.46. The molecule has 28 heavy (non-hydrogen) atoms. The van der Waals surface area contributed by atoms with Crippen LogP contribution in [0.4, 0.5) is 5.69 Å². The molecule has 0 bridgehead atoms. The van der Waals surface area contributed by atoms with E-state index in [2.05, 4.69) is 10.3 Å². The van der Waals surface area contributed by atoms with E-state index < -0.39 is 5.60 Å². The zero-order valence-corrected chi connectivity index (χ0v) is 16.0. The summed E-state index contributed by atoms with van der Waals surface area (Å²) in [6.07, 6.45) is 0.932. The number of hydrogen-bond donors (Lipinski definition) is 0. The number of nitrogens with zero attached hydrogens (tertiary/aromatic N) is 3. The quantitative estimate of drug-likeness (QED) is 0.798. The first-order chi connectivity index (χ1) is 13.6. The number of amides is 1. The largest absolute Gasteiger partial charge is 0.497 e. The molecule has 0 aliphatic carbocycles. The summed E-state index contributed by atoms with van der Waals surface area (Å²) >= 11 is 0. The summed E-state index contributed by atoms with van der Waals surface area (Å²) in [5, 5.41) is 10.2. The molecule has 0 saturated heterocycles. The van der Waals surface area contributed by atoms with Crippen molar-refractivity contribution in [2.24, 2.45) is 10.3 Å². The van der Waals surface area contributed by atoms with E-state index in [-0.39, 0.29) is 5.91 Å². The van der Waals surface area contributed by atoms with Crippen molar-refractivity contribution in [2.75, 3.05) is 19.2 Å². The predicted octanol–water partition coefficient (Wildman–Crippen LogP) is 3.38. The van der Waals surface area contributed by atoms with Gasteiger partial charge in [-0.05, 0) is 60.5 Å². The molecule has 4 rings (SSSR count). The van der Waals surface area contributed by atoms with E-state index in [1.54, 1.807) is 38.5 Å². The van der Waals surface area contributed by atoms with Crippen LogP contribution in [0.3, 0.4) is 0 Å². The number of ether oxygens (including phenoxy) is 2. The van der Waals surface area contributed by atoms with E-state index >= 15 is 0 Å². The molecule has 2 aromatic carbocycles. The van der Waals surface area contributed by atoms with E-state index in [0.29, 0.717) is 35.7 Å². The summed E-state index contributed by atoms with van der Waals surface area (Å²) in [7, 11) is 3.22. The molecule has 2 aromatic rings. The number of benzene rings is 2. The molecule has 2 aliphatic heterocycles. The zero-order chi connectivity index (χ0) is 19.7. The zero-order valence-electron chi connectivity index (χ0n) is 16.0. The molecule has 7 heteroatoms. The van der Waals surface area contributed by atoms with Gasteiger partial charge in [-0.3, -0.25) is 4.79 Å². The third-order valence-electron chi connectivity index (χ3n) is 5.03. The van der Waals surface area contributed by atoms with E-state index in [1.165, 1.54) is 5.01 Å². The van der Waals surface area contributed by atoms with Crippen molar-refractivity contribution >= 4 is 23.0 Å². The molecule has 2 aliphatic rings. The average molecular weight is 379 g/mol. The fraction of sp³-hybridized carbons (Fsp3) is 0.286. The summed E-state index contributed by atoms with van der Waals surface area (Å²) in [4.78, 5) is 19.0. The van der Waals surface area contributed by atoms with Gasteiger partial charge in [0.05, 0.1) is 37.8 Å². The van der Waals surface area contributed by atoms with Gasteiger partial charge in [-0.15, -0.1) is 0 Å². The van der Waals surface area contributed by atoms with Gasteiger partial charge in [0.25, 0.3) is 5.60 Å². The van der Waals surface area contributed by atoms with Crippen LogP contribution in [0.15, 0.2) is 58.8 Å². The SMILES string of the molecule is CCC1=NN(c2ccc(OC)cc2)C(=O)C12CC(c1ccc(OC)cc1)=NO2. The van der Waals surface area contributed by atoms with Gasteiger partial charge in [0.1, 0.15) is 11.5 Å². The summed E-state index contributed by atoms with van der Waals surface area (Å²) < 4.78 is 10.4. The number of anilines is 1. The molecule has 1 spiro atoms. The molecule has 1 atom stereocenters. The van der Waals surface area contributed by atoms with Crippen LogP contribution in [-0.4, -0.2) is 37.2 Å². The Morgan fingerprint density at radius 1 is 1.04 bits per heavy atom. The first-order valence-electron chi connectivity index (χ1n) is 9.07. The molecule has 0 N–H and O–H groups in total. The number of carbonyl (C=O) groups is 1.